The molecule has 10 nitrogen and oxygen atoms in total. The van der Waals surface area contributed by atoms with E-state index in [-0.39, 0.29) is 30.8 Å². The van der Waals surface area contributed by atoms with Gasteiger partial charge in [0.15, 0.2) is 0 Å². The highest BCUT2D eigenvalue weighted by molar-refractivity contribution is 6.04. The van der Waals surface area contributed by atoms with Crippen LogP contribution in [-0.2, 0) is 6.42 Å². The Bertz CT molecular complexity index is 1820. The van der Waals surface area contributed by atoms with Crippen molar-refractivity contribution in [2.45, 2.75) is 44.2 Å². The number of halogens is 1. The van der Waals surface area contributed by atoms with Crippen LogP contribution in [0, 0.1) is 17.1 Å². The first-order chi connectivity index (χ1) is 21.9. The van der Waals surface area contributed by atoms with E-state index < -0.39 is 12.1 Å². The molecule has 232 valence electrons. The van der Waals surface area contributed by atoms with Crippen molar-refractivity contribution in [3.8, 4) is 29.0 Å². The number of anilines is 1. The summed E-state index contributed by atoms with van der Waals surface area (Å²) in [4.78, 5) is 27.4. The van der Waals surface area contributed by atoms with Crippen molar-refractivity contribution in [1.82, 2.24) is 19.8 Å². The van der Waals surface area contributed by atoms with E-state index in [4.69, 9.17) is 19.4 Å². The number of aromatic nitrogens is 2. The molecule has 2 atom stereocenters. The first-order valence-electron chi connectivity index (χ1n) is 15.6. The molecule has 0 unspecified atom stereocenters. The number of piperazine rings is 1. The molecule has 0 radical (unpaired) electrons. The number of ether oxygens (including phenoxy) is 2. The van der Waals surface area contributed by atoms with Crippen molar-refractivity contribution in [1.29, 1.82) is 5.26 Å². The molecule has 3 aliphatic rings. The van der Waals surface area contributed by atoms with Gasteiger partial charge in [0.2, 0.25) is 0 Å². The first-order valence-corrected chi connectivity index (χ1v) is 15.6. The van der Waals surface area contributed by atoms with Crippen LogP contribution >= 0.6 is 0 Å². The van der Waals surface area contributed by atoms with Crippen LogP contribution in [0.4, 0.5) is 15.0 Å². The van der Waals surface area contributed by atoms with Gasteiger partial charge < -0.3 is 29.3 Å². The molecule has 1 N–H and O–H groups in total. The number of hydrogen-bond acceptors (Lipinski definition) is 8. The average molecular weight is 611 g/mol. The van der Waals surface area contributed by atoms with Crippen LogP contribution in [-0.4, -0.2) is 89.5 Å². The zero-order chi connectivity index (χ0) is 31.1. The first kappa shape index (κ1) is 29.0. The van der Waals surface area contributed by atoms with Crippen molar-refractivity contribution in [2.24, 2.45) is 0 Å². The van der Waals surface area contributed by atoms with Crippen molar-refractivity contribution < 1.29 is 23.8 Å². The average Bonchev–Trinajstić information content (AvgIpc) is 3.47. The van der Waals surface area contributed by atoms with E-state index in [1.54, 1.807) is 6.07 Å². The molecule has 7 rings (SSSR count). The number of rotatable bonds is 6. The molecular weight excluding hydrogens is 575 g/mol. The highest BCUT2D eigenvalue weighted by Crippen LogP contribution is 2.46. The summed E-state index contributed by atoms with van der Waals surface area (Å²) in [6.07, 6.45) is 2.71. The fourth-order valence-corrected chi connectivity index (χ4v) is 7.09. The fraction of sp³-hybridized carbons (Fsp3) is 0.412. The Morgan fingerprint density at radius 1 is 1.11 bits per heavy atom. The van der Waals surface area contributed by atoms with Crippen molar-refractivity contribution in [3.63, 3.8) is 0 Å². The second kappa shape index (κ2) is 12.0. The third-order valence-electron chi connectivity index (χ3n) is 9.40. The number of carbonyl (C=O) groups is 1. The summed E-state index contributed by atoms with van der Waals surface area (Å²) in [7, 11) is 2.09. The lowest BCUT2D eigenvalue weighted by Crippen LogP contribution is -2.55. The molecule has 1 amide bonds. The van der Waals surface area contributed by atoms with Crippen molar-refractivity contribution in [3.05, 3.63) is 53.8 Å². The maximum absolute atomic E-state index is 15.4. The largest absolute Gasteiger partial charge is 0.492 e. The molecule has 4 heterocycles. The van der Waals surface area contributed by atoms with Gasteiger partial charge in [-0.15, -0.1) is 0 Å². The van der Waals surface area contributed by atoms with Gasteiger partial charge in [0.25, 0.3) is 0 Å². The lowest BCUT2D eigenvalue weighted by Gasteiger charge is -2.40. The molecule has 4 aromatic rings. The van der Waals surface area contributed by atoms with Crippen LogP contribution in [0.1, 0.15) is 31.2 Å². The molecule has 0 saturated carbocycles. The van der Waals surface area contributed by atoms with E-state index in [2.05, 4.69) is 18.0 Å². The van der Waals surface area contributed by atoms with E-state index in [0.717, 1.165) is 59.7 Å². The number of carboxylic acid groups (broad SMARTS) is 1. The monoisotopic (exact) mass is 610 g/mol. The van der Waals surface area contributed by atoms with Crippen molar-refractivity contribution in [2.75, 3.05) is 51.3 Å². The molecule has 2 saturated heterocycles. The smallest absolute Gasteiger partial charge is 0.407 e. The summed E-state index contributed by atoms with van der Waals surface area (Å²) < 4.78 is 28.0. The Morgan fingerprint density at radius 2 is 1.96 bits per heavy atom. The number of fused-ring (bicyclic) bond motifs is 4. The molecule has 45 heavy (non-hydrogen) atoms. The Labute approximate surface area is 260 Å². The maximum atomic E-state index is 15.4. The predicted octanol–water partition coefficient (Wildman–Crippen LogP) is 5.47. The van der Waals surface area contributed by atoms with Gasteiger partial charge in [0.05, 0.1) is 36.0 Å². The maximum Gasteiger partial charge on any atom is 0.407 e. The second-order valence-corrected chi connectivity index (χ2v) is 12.1. The Morgan fingerprint density at radius 3 is 2.73 bits per heavy atom. The lowest BCUT2D eigenvalue weighted by molar-refractivity contribution is 0.119. The lowest BCUT2D eigenvalue weighted by atomic mass is 9.89. The van der Waals surface area contributed by atoms with Gasteiger partial charge in [-0.2, -0.15) is 15.2 Å². The highest BCUT2D eigenvalue weighted by Gasteiger charge is 2.34. The number of hydrogen-bond donors (Lipinski definition) is 1. The predicted molar refractivity (Wildman–Crippen MR) is 168 cm³/mol. The van der Waals surface area contributed by atoms with Gasteiger partial charge in [0.1, 0.15) is 24.0 Å². The van der Waals surface area contributed by atoms with Crippen LogP contribution in [0.25, 0.3) is 32.8 Å². The fourth-order valence-electron chi connectivity index (χ4n) is 7.09. The molecule has 1 aromatic heterocycles. The topological polar surface area (TPSA) is 115 Å². The third-order valence-corrected chi connectivity index (χ3v) is 9.40. The zero-order valence-electron chi connectivity index (χ0n) is 25.2. The summed E-state index contributed by atoms with van der Waals surface area (Å²) in [6.45, 7) is 2.88. The number of likely N-dealkylation sites (tertiary alicyclic amines) is 1. The number of likely N-dealkylation sites (N-methyl/N-ethyl adjacent to an activating group) is 1. The number of benzene rings is 3. The molecule has 3 aromatic carbocycles. The SMILES string of the molecule is CN1CCC[C@H]1COc1nc(N2CCN(C(=O)O)[C@@H](CC#N)C2)c2c3c(c(-c4cccc5cccc(F)c45)cc2n1)CCCO3. The summed E-state index contributed by atoms with van der Waals surface area (Å²) in [5.41, 5.74) is 3.20. The van der Waals surface area contributed by atoms with E-state index in [9.17, 15) is 15.2 Å². The Balaban J connectivity index is 1.41. The van der Waals surface area contributed by atoms with Crippen LogP contribution in [0.3, 0.4) is 0 Å². The standard InChI is InChI=1S/C34H35FN6O4/c1-39-14-4-8-23(39)20-45-33-37-28-18-26(24-9-2-6-21-7-3-11-27(35)29(21)24)25-10-5-17-44-31(25)30(28)32(38-33)40-15-16-41(34(42)43)22(19-40)12-13-36/h2-3,6-7,9,11,18,22-23H,4-5,8,10,12,14-17,19-20H2,1H3,(H,42,43)/t22-,23-/m0/s1. The van der Waals surface area contributed by atoms with Gasteiger partial charge in [-0.3, -0.25) is 0 Å². The zero-order valence-corrected chi connectivity index (χ0v) is 25.2. The quantitative estimate of drug-likeness (QED) is 0.304. The summed E-state index contributed by atoms with van der Waals surface area (Å²) in [6, 6.07) is 15.0. The number of amides is 1. The van der Waals surface area contributed by atoms with Gasteiger partial charge >= 0.3 is 12.1 Å². The summed E-state index contributed by atoms with van der Waals surface area (Å²) in [5, 5.41) is 21.4. The summed E-state index contributed by atoms with van der Waals surface area (Å²) in [5.74, 6) is 0.967. The van der Waals surface area contributed by atoms with Crippen LogP contribution in [0.5, 0.6) is 11.8 Å². The van der Waals surface area contributed by atoms with E-state index >= 15 is 4.39 Å². The molecule has 0 aliphatic carbocycles. The molecule has 0 bridgehead atoms. The normalized spacial score (nSPS) is 20.2. The van der Waals surface area contributed by atoms with E-state index in [1.165, 1.54) is 11.0 Å². The number of nitrogens with zero attached hydrogens (tertiary/aromatic N) is 6. The van der Waals surface area contributed by atoms with Crippen molar-refractivity contribution >= 4 is 33.6 Å². The van der Waals surface area contributed by atoms with Crippen LogP contribution < -0.4 is 14.4 Å². The molecule has 3 aliphatic heterocycles. The summed E-state index contributed by atoms with van der Waals surface area (Å²) >= 11 is 0. The van der Waals surface area contributed by atoms with Gasteiger partial charge in [0, 0.05) is 36.6 Å². The van der Waals surface area contributed by atoms with E-state index in [1.807, 2.05) is 35.2 Å². The van der Waals surface area contributed by atoms with Gasteiger partial charge in [-0.25, -0.2) is 9.18 Å². The number of nitriles is 1. The second-order valence-electron chi connectivity index (χ2n) is 12.1. The Kier molecular flexibility index (Phi) is 7.75. The minimum absolute atomic E-state index is 0.0641. The highest BCUT2D eigenvalue weighted by atomic mass is 19.1. The molecule has 2 fully saturated rings. The molecule has 11 heteroatoms. The minimum atomic E-state index is -1.04. The van der Waals surface area contributed by atoms with Crippen LogP contribution in [0.15, 0.2) is 42.5 Å². The van der Waals surface area contributed by atoms with E-state index in [0.29, 0.717) is 48.8 Å². The molecule has 0 spiro atoms. The Hall–Kier alpha value is -4.69. The van der Waals surface area contributed by atoms with Gasteiger partial charge in [-0.1, -0.05) is 30.3 Å². The van der Waals surface area contributed by atoms with Crippen LogP contribution in [0.2, 0.25) is 0 Å². The molecular formula is C34H35FN6O4. The van der Waals surface area contributed by atoms with Gasteiger partial charge in [-0.05, 0) is 67.9 Å². The minimum Gasteiger partial charge on any atom is -0.492 e. The third kappa shape index (κ3) is 5.33.